The summed E-state index contributed by atoms with van der Waals surface area (Å²) in [4.78, 5) is 11.1. The highest BCUT2D eigenvalue weighted by atomic mass is 35.5. The second-order valence-electron chi connectivity index (χ2n) is 5.36. The van der Waals surface area contributed by atoms with Gasteiger partial charge in [-0.25, -0.2) is 0 Å². The van der Waals surface area contributed by atoms with Crippen molar-refractivity contribution in [3.05, 3.63) is 23.4 Å². The maximum absolute atomic E-state index is 5.85. The van der Waals surface area contributed by atoms with Crippen LogP contribution in [0.2, 0.25) is 5.02 Å². The van der Waals surface area contributed by atoms with Crippen LogP contribution in [0.25, 0.3) is 11.5 Å². The Morgan fingerprint density at radius 1 is 1.48 bits per heavy atom. The SMILES string of the molecule is CNCC1CCCN(c2n[nH]c(-c3ccc(Cl)cn3)n2)C1. The lowest BCUT2D eigenvalue weighted by atomic mass is 9.98. The quantitative estimate of drug-likeness (QED) is 0.903. The van der Waals surface area contributed by atoms with Crippen LogP contribution in [0.3, 0.4) is 0 Å². The number of aromatic amines is 1. The van der Waals surface area contributed by atoms with Gasteiger partial charge in [-0.15, -0.1) is 5.10 Å². The lowest BCUT2D eigenvalue weighted by Crippen LogP contribution is -2.39. The van der Waals surface area contributed by atoms with Crippen molar-refractivity contribution < 1.29 is 0 Å². The molecule has 2 N–H and O–H groups in total. The number of nitrogens with zero attached hydrogens (tertiary/aromatic N) is 4. The Kier molecular flexibility index (Phi) is 4.36. The van der Waals surface area contributed by atoms with Gasteiger partial charge in [-0.3, -0.25) is 10.1 Å². The number of H-pyrrole nitrogens is 1. The van der Waals surface area contributed by atoms with Gasteiger partial charge < -0.3 is 10.2 Å². The van der Waals surface area contributed by atoms with Crippen LogP contribution < -0.4 is 10.2 Å². The van der Waals surface area contributed by atoms with Gasteiger partial charge in [0.2, 0.25) is 5.95 Å². The van der Waals surface area contributed by atoms with E-state index in [1.54, 1.807) is 12.3 Å². The van der Waals surface area contributed by atoms with Crippen molar-refractivity contribution in [1.82, 2.24) is 25.5 Å². The van der Waals surface area contributed by atoms with E-state index in [9.17, 15) is 0 Å². The second-order valence-corrected chi connectivity index (χ2v) is 5.79. The van der Waals surface area contributed by atoms with E-state index in [1.807, 2.05) is 13.1 Å². The fraction of sp³-hybridized carbons (Fsp3) is 0.500. The van der Waals surface area contributed by atoms with Crippen LogP contribution in [0.15, 0.2) is 18.3 Å². The first-order valence-corrected chi connectivity index (χ1v) is 7.58. The molecule has 1 atom stereocenters. The smallest absolute Gasteiger partial charge is 0.245 e. The maximum Gasteiger partial charge on any atom is 0.245 e. The molecule has 0 bridgehead atoms. The van der Waals surface area contributed by atoms with Crippen molar-refractivity contribution in [3.8, 4) is 11.5 Å². The summed E-state index contributed by atoms with van der Waals surface area (Å²) < 4.78 is 0. The fourth-order valence-corrected chi connectivity index (χ4v) is 2.84. The molecule has 1 saturated heterocycles. The highest BCUT2D eigenvalue weighted by molar-refractivity contribution is 6.30. The Hall–Kier alpha value is -1.66. The first-order valence-electron chi connectivity index (χ1n) is 7.20. The molecule has 0 spiro atoms. The summed E-state index contributed by atoms with van der Waals surface area (Å²) in [5.74, 6) is 2.08. The van der Waals surface area contributed by atoms with Gasteiger partial charge in [-0.1, -0.05) is 11.6 Å². The van der Waals surface area contributed by atoms with Gasteiger partial charge in [0.1, 0.15) is 5.69 Å². The van der Waals surface area contributed by atoms with E-state index in [1.165, 1.54) is 12.8 Å². The van der Waals surface area contributed by atoms with Gasteiger partial charge in [0.25, 0.3) is 0 Å². The van der Waals surface area contributed by atoms with Gasteiger partial charge in [0, 0.05) is 19.3 Å². The van der Waals surface area contributed by atoms with Crippen molar-refractivity contribution in [1.29, 1.82) is 0 Å². The molecule has 112 valence electrons. The van der Waals surface area contributed by atoms with Crippen LogP contribution >= 0.6 is 11.6 Å². The van der Waals surface area contributed by atoms with Crippen molar-refractivity contribution in [2.45, 2.75) is 12.8 Å². The maximum atomic E-state index is 5.85. The van der Waals surface area contributed by atoms with E-state index >= 15 is 0 Å². The molecule has 6 nitrogen and oxygen atoms in total. The third-order valence-electron chi connectivity index (χ3n) is 3.74. The summed E-state index contributed by atoms with van der Waals surface area (Å²) in [5, 5.41) is 11.2. The van der Waals surface area contributed by atoms with Gasteiger partial charge >= 0.3 is 0 Å². The molecule has 0 aromatic carbocycles. The van der Waals surface area contributed by atoms with Crippen LogP contribution in [0.5, 0.6) is 0 Å². The van der Waals surface area contributed by atoms with E-state index in [0.29, 0.717) is 16.8 Å². The molecule has 1 fully saturated rings. The summed E-state index contributed by atoms with van der Waals surface area (Å²) in [5.41, 5.74) is 0.752. The number of anilines is 1. The normalized spacial score (nSPS) is 19.0. The van der Waals surface area contributed by atoms with E-state index in [4.69, 9.17) is 11.6 Å². The molecule has 1 aliphatic heterocycles. The largest absolute Gasteiger partial charge is 0.339 e. The Bertz CT molecular complexity index is 579. The number of hydrogen-bond donors (Lipinski definition) is 2. The van der Waals surface area contributed by atoms with Gasteiger partial charge in [-0.2, -0.15) is 4.98 Å². The molecule has 1 aliphatic rings. The molecule has 2 aromatic rings. The summed E-state index contributed by atoms with van der Waals surface area (Å²) in [6.07, 6.45) is 4.05. The highest BCUT2D eigenvalue weighted by Gasteiger charge is 2.22. The minimum Gasteiger partial charge on any atom is -0.339 e. The summed E-state index contributed by atoms with van der Waals surface area (Å²) >= 11 is 5.85. The molecule has 0 saturated carbocycles. The van der Waals surface area contributed by atoms with E-state index in [-0.39, 0.29) is 0 Å². The predicted octanol–water partition coefficient (Wildman–Crippen LogP) is 1.96. The second kappa shape index (κ2) is 6.41. The Labute approximate surface area is 128 Å². The number of aromatic nitrogens is 4. The predicted molar refractivity (Wildman–Crippen MR) is 83.5 cm³/mol. The molecule has 0 radical (unpaired) electrons. The number of hydrogen-bond acceptors (Lipinski definition) is 5. The Morgan fingerprint density at radius 2 is 2.38 bits per heavy atom. The molecule has 0 aliphatic carbocycles. The van der Waals surface area contributed by atoms with Crippen molar-refractivity contribution in [2.75, 3.05) is 31.6 Å². The van der Waals surface area contributed by atoms with Crippen LogP contribution in [-0.2, 0) is 0 Å². The van der Waals surface area contributed by atoms with Crippen LogP contribution in [0, 0.1) is 5.92 Å². The highest BCUT2D eigenvalue weighted by Crippen LogP contribution is 2.22. The molecule has 3 rings (SSSR count). The van der Waals surface area contributed by atoms with E-state index in [2.05, 4.69) is 30.4 Å². The molecule has 3 heterocycles. The first-order chi connectivity index (χ1) is 10.3. The first kappa shape index (κ1) is 14.3. The number of nitrogens with one attached hydrogen (secondary N) is 2. The third kappa shape index (κ3) is 3.33. The summed E-state index contributed by atoms with van der Waals surface area (Å²) in [6, 6.07) is 3.64. The summed E-state index contributed by atoms with van der Waals surface area (Å²) in [6.45, 7) is 3.03. The number of halogens is 1. The average Bonchev–Trinajstić information content (AvgIpc) is 2.98. The van der Waals surface area contributed by atoms with Crippen molar-refractivity contribution >= 4 is 17.5 Å². The molecule has 1 unspecified atom stereocenters. The fourth-order valence-electron chi connectivity index (χ4n) is 2.73. The topological polar surface area (TPSA) is 69.7 Å². The lowest BCUT2D eigenvalue weighted by Gasteiger charge is -2.31. The van der Waals surface area contributed by atoms with Gasteiger partial charge in [0.05, 0.1) is 5.02 Å². The van der Waals surface area contributed by atoms with E-state index < -0.39 is 0 Å². The molecule has 21 heavy (non-hydrogen) atoms. The molecule has 0 amide bonds. The van der Waals surface area contributed by atoms with Crippen molar-refractivity contribution in [3.63, 3.8) is 0 Å². The minimum atomic E-state index is 0.615. The lowest BCUT2D eigenvalue weighted by molar-refractivity contribution is 0.399. The monoisotopic (exact) mass is 306 g/mol. The average molecular weight is 307 g/mol. The number of pyridine rings is 1. The van der Waals surface area contributed by atoms with Crippen LogP contribution in [0.4, 0.5) is 5.95 Å². The van der Waals surface area contributed by atoms with Crippen LogP contribution in [-0.4, -0.2) is 46.8 Å². The molecular formula is C14H19ClN6. The van der Waals surface area contributed by atoms with E-state index in [0.717, 1.165) is 31.3 Å². The molecular weight excluding hydrogens is 288 g/mol. The van der Waals surface area contributed by atoms with Gasteiger partial charge in [0.15, 0.2) is 5.82 Å². The van der Waals surface area contributed by atoms with Crippen LogP contribution in [0.1, 0.15) is 12.8 Å². The van der Waals surface area contributed by atoms with Gasteiger partial charge in [-0.05, 0) is 44.5 Å². The zero-order valence-corrected chi connectivity index (χ0v) is 12.8. The zero-order valence-electron chi connectivity index (χ0n) is 12.0. The standard InChI is InChI=1S/C14H19ClN6/c1-16-7-10-3-2-6-21(9-10)14-18-13(19-20-14)12-5-4-11(15)8-17-12/h4-5,8,10,16H,2-3,6-7,9H2,1H3,(H,18,19,20). The Balaban J connectivity index is 1.73. The van der Waals surface area contributed by atoms with Crippen molar-refractivity contribution in [2.24, 2.45) is 5.92 Å². The Morgan fingerprint density at radius 3 is 3.14 bits per heavy atom. The number of rotatable bonds is 4. The summed E-state index contributed by atoms with van der Waals surface area (Å²) in [7, 11) is 2.00. The third-order valence-corrected chi connectivity index (χ3v) is 3.96. The number of piperidine rings is 1. The molecule has 2 aromatic heterocycles. The zero-order chi connectivity index (χ0) is 14.7. The molecule has 7 heteroatoms. The minimum absolute atomic E-state index is 0.615.